The zero-order chi connectivity index (χ0) is 19.9. The van der Waals surface area contributed by atoms with Gasteiger partial charge in [0, 0.05) is 17.2 Å². The molecule has 0 fully saturated rings. The molecule has 0 unspecified atom stereocenters. The van der Waals surface area contributed by atoms with Crippen LogP contribution >= 0.6 is 0 Å². The third-order valence-corrected chi connectivity index (χ3v) is 5.95. The maximum atomic E-state index is 12.7. The number of hydrogen-bond donors (Lipinski definition) is 0. The first kappa shape index (κ1) is 18.3. The molecule has 0 spiro atoms. The Kier molecular flexibility index (Phi) is 4.46. The summed E-state index contributed by atoms with van der Waals surface area (Å²) in [5.74, 6) is 0.297. The fourth-order valence-electron chi connectivity index (χ4n) is 3.51. The van der Waals surface area contributed by atoms with Crippen molar-refractivity contribution in [3.63, 3.8) is 0 Å². The first-order valence-corrected chi connectivity index (χ1v) is 10.7. The van der Waals surface area contributed by atoms with E-state index in [0.717, 1.165) is 11.1 Å². The number of nitrogens with zero attached hydrogens (tertiary/aromatic N) is 5. The highest BCUT2D eigenvalue weighted by atomic mass is 32.2. The molecule has 4 rings (SSSR count). The Morgan fingerprint density at radius 2 is 1.93 bits per heavy atom. The third kappa shape index (κ3) is 3.40. The Labute approximate surface area is 162 Å². The van der Waals surface area contributed by atoms with E-state index in [1.807, 2.05) is 37.3 Å². The topological polar surface area (TPSA) is 98.1 Å². The molecule has 0 saturated heterocycles. The third-order valence-electron chi connectivity index (χ3n) is 4.68. The van der Waals surface area contributed by atoms with Gasteiger partial charge in [0.25, 0.3) is 0 Å². The lowest BCUT2D eigenvalue weighted by Gasteiger charge is -2.21. The van der Waals surface area contributed by atoms with Crippen LogP contribution in [0.25, 0.3) is 11.4 Å². The predicted octanol–water partition coefficient (Wildman–Crippen LogP) is 1.93. The van der Waals surface area contributed by atoms with Gasteiger partial charge in [0.15, 0.2) is 5.78 Å². The highest BCUT2D eigenvalue weighted by molar-refractivity contribution is 7.92. The summed E-state index contributed by atoms with van der Waals surface area (Å²) < 4.78 is 25.4. The number of Topliss-reactive ketones (excluding diaryl/α,β-unsaturated/α-hetero) is 1. The highest BCUT2D eigenvalue weighted by Gasteiger charge is 2.32. The van der Waals surface area contributed by atoms with Gasteiger partial charge < -0.3 is 0 Å². The number of carbonyl (C=O) groups excluding carboxylic acids is 1. The van der Waals surface area contributed by atoms with Gasteiger partial charge in [-0.2, -0.15) is 4.80 Å². The van der Waals surface area contributed by atoms with Crippen molar-refractivity contribution in [3.8, 4) is 11.4 Å². The monoisotopic (exact) mass is 397 g/mol. The minimum Gasteiger partial charge on any atom is -0.292 e. The molecule has 0 N–H and O–H groups in total. The highest BCUT2D eigenvalue weighted by Crippen LogP contribution is 2.34. The number of carbonyl (C=O) groups is 1. The molecule has 0 amide bonds. The van der Waals surface area contributed by atoms with Crippen LogP contribution in [0.5, 0.6) is 0 Å². The molecule has 0 aliphatic carbocycles. The van der Waals surface area contributed by atoms with Gasteiger partial charge in [-0.15, -0.1) is 10.2 Å². The molecule has 1 aliphatic heterocycles. The van der Waals surface area contributed by atoms with E-state index in [1.54, 1.807) is 18.2 Å². The van der Waals surface area contributed by atoms with Crippen molar-refractivity contribution in [1.82, 2.24) is 20.2 Å². The lowest BCUT2D eigenvalue weighted by atomic mass is 10.0. The summed E-state index contributed by atoms with van der Waals surface area (Å²) in [5.41, 5.74) is 2.81. The van der Waals surface area contributed by atoms with E-state index < -0.39 is 10.0 Å². The number of anilines is 1. The number of sulfonamides is 1. The molecule has 144 valence electrons. The standard InChI is InChI=1S/C19H19N5O3S/c1-13-10-16-11-15(8-9-17(16)24(13)28(2,26)27)18(25)12-23-21-19(20-22-23)14-6-4-3-5-7-14/h3-9,11,13H,10,12H2,1-2H3/t13-/m0/s1. The number of rotatable bonds is 5. The second-order valence-corrected chi connectivity index (χ2v) is 8.75. The number of fused-ring (bicyclic) bond motifs is 1. The van der Waals surface area contributed by atoms with Crippen LogP contribution in [0.2, 0.25) is 0 Å². The fourth-order valence-corrected chi connectivity index (χ4v) is 4.78. The normalized spacial score (nSPS) is 16.2. The van der Waals surface area contributed by atoms with E-state index in [0.29, 0.717) is 23.5 Å². The number of tetrazole rings is 1. The average molecular weight is 397 g/mol. The molecule has 0 radical (unpaired) electrons. The first-order chi connectivity index (χ1) is 13.3. The maximum absolute atomic E-state index is 12.7. The fraction of sp³-hybridized carbons (Fsp3) is 0.263. The quantitative estimate of drug-likeness (QED) is 0.610. The van der Waals surface area contributed by atoms with Crippen LogP contribution in [-0.4, -0.2) is 46.7 Å². The molecule has 1 aliphatic rings. The Bertz CT molecular complexity index is 1140. The van der Waals surface area contributed by atoms with Gasteiger partial charge in [-0.25, -0.2) is 8.42 Å². The van der Waals surface area contributed by atoms with Crippen molar-refractivity contribution in [1.29, 1.82) is 0 Å². The van der Waals surface area contributed by atoms with Gasteiger partial charge in [-0.1, -0.05) is 30.3 Å². The van der Waals surface area contributed by atoms with Gasteiger partial charge in [0.05, 0.1) is 11.9 Å². The molecule has 8 nitrogen and oxygen atoms in total. The summed E-state index contributed by atoms with van der Waals surface area (Å²) in [4.78, 5) is 13.9. The summed E-state index contributed by atoms with van der Waals surface area (Å²) in [6.45, 7) is 1.82. The van der Waals surface area contributed by atoms with Crippen molar-refractivity contribution in [2.75, 3.05) is 10.6 Å². The van der Waals surface area contributed by atoms with Gasteiger partial charge in [0.1, 0.15) is 6.54 Å². The molecule has 0 bridgehead atoms. The Morgan fingerprint density at radius 1 is 1.18 bits per heavy atom. The van der Waals surface area contributed by atoms with Gasteiger partial charge >= 0.3 is 0 Å². The maximum Gasteiger partial charge on any atom is 0.232 e. The summed E-state index contributed by atoms with van der Waals surface area (Å²) in [6.07, 6.45) is 1.77. The van der Waals surface area contributed by atoms with Gasteiger partial charge in [-0.05, 0) is 42.3 Å². The zero-order valence-electron chi connectivity index (χ0n) is 15.5. The Morgan fingerprint density at radius 3 is 2.64 bits per heavy atom. The van der Waals surface area contributed by atoms with E-state index >= 15 is 0 Å². The van der Waals surface area contributed by atoms with Crippen molar-refractivity contribution in [3.05, 3.63) is 59.7 Å². The van der Waals surface area contributed by atoms with Crippen LogP contribution in [0, 0.1) is 0 Å². The number of ketones is 1. The van der Waals surface area contributed by atoms with E-state index in [2.05, 4.69) is 15.4 Å². The second kappa shape index (κ2) is 6.83. The molecular formula is C19H19N5O3S. The predicted molar refractivity (Wildman–Crippen MR) is 105 cm³/mol. The van der Waals surface area contributed by atoms with Crippen LogP contribution in [-0.2, 0) is 23.0 Å². The summed E-state index contributed by atoms with van der Waals surface area (Å²) in [6, 6.07) is 14.3. The van der Waals surface area contributed by atoms with Crippen LogP contribution in [0.3, 0.4) is 0 Å². The Hall–Kier alpha value is -3.07. The lowest BCUT2D eigenvalue weighted by Crippen LogP contribution is -2.34. The molecule has 2 aromatic carbocycles. The molecular weight excluding hydrogens is 378 g/mol. The number of hydrogen-bond acceptors (Lipinski definition) is 6. The second-order valence-electron chi connectivity index (χ2n) is 6.89. The largest absolute Gasteiger partial charge is 0.292 e. The molecule has 3 aromatic rings. The lowest BCUT2D eigenvalue weighted by molar-refractivity contribution is 0.0961. The molecule has 9 heteroatoms. The molecule has 2 heterocycles. The first-order valence-electron chi connectivity index (χ1n) is 8.81. The van der Waals surface area contributed by atoms with Crippen LogP contribution in [0.1, 0.15) is 22.8 Å². The van der Waals surface area contributed by atoms with Crippen molar-refractivity contribution < 1.29 is 13.2 Å². The van der Waals surface area contributed by atoms with Crippen LogP contribution in [0.4, 0.5) is 5.69 Å². The smallest absolute Gasteiger partial charge is 0.232 e. The molecule has 1 aromatic heterocycles. The molecule has 1 atom stereocenters. The van der Waals surface area contributed by atoms with Gasteiger partial charge in [-0.3, -0.25) is 9.10 Å². The SMILES string of the molecule is C[C@H]1Cc2cc(C(=O)Cn3nnc(-c4ccccc4)n3)ccc2N1S(C)(=O)=O. The van der Waals surface area contributed by atoms with Crippen molar-refractivity contribution in [2.24, 2.45) is 0 Å². The number of aromatic nitrogens is 4. The minimum atomic E-state index is -3.35. The van der Waals surface area contributed by atoms with Crippen molar-refractivity contribution in [2.45, 2.75) is 25.9 Å². The number of benzene rings is 2. The van der Waals surface area contributed by atoms with Crippen LogP contribution < -0.4 is 4.31 Å². The van der Waals surface area contributed by atoms with E-state index in [9.17, 15) is 13.2 Å². The zero-order valence-corrected chi connectivity index (χ0v) is 16.3. The van der Waals surface area contributed by atoms with E-state index in [4.69, 9.17) is 0 Å². The molecule has 28 heavy (non-hydrogen) atoms. The summed E-state index contributed by atoms with van der Waals surface area (Å²) >= 11 is 0. The average Bonchev–Trinajstić information content (AvgIpc) is 3.24. The van der Waals surface area contributed by atoms with E-state index in [1.165, 1.54) is 15.4 Å². The Balaban J connectivity index is 1.54. The summed E-state index contributed by atoms with van der Waals surface area (Å²) in [5, 5.41) is 12.2. The van der Waals surface area contributed by atoms with E-state index in [-0.39, 0.29) is 18.4 Å². The van der Waals surface area contributed by atoms with Crippen LogP contribution in [0.15, 0.2) is 48.5 Å². The van der Waals surface area contributed by atoms with Gasteiger partial charge in [0.2, 0.25) is 15.8 Å². The summed E-state index contributed by atoms with van der Waals surface area (Å²) in [7, 11) is -3.35. The molecule has 0 saturated carbocycles. The van der Waals surface area contributed by atoms with Crippen molar-refractivity contribution >= 4 is 21.5 Å². The minimum absolute atomic E-state index is 0.0377.